The first-order chi connectivity index (χ1) is 11.3. The van der Waals surface area contributed by atoms with Crippen LogP contribution in [0.25, 0.3) is 5.69 Å². The van der Waals surface area contributed by atoms with Crippen LogP contribution >= 0.6 is 11.8 Å². The third-order valence-electron chi connectivity index (χ3n) is 3.76. The number of hydrogen-bond acceptors (Lipinski definition) is 4. The Morgan fingerprint density at radius 2 is 2.17 bits per heavy atom. The maximum absolute atomic E-state index is 13.4. The van der Waals surface area contributed by atoms with Gasteiger partial charge in [0.25, 0.3) is 0 Å². The summed E-state index contributed by atoms with van der Waals surface area (Å²) < 4.78 is 14.9. The summed E-state index contributed by atoms with van der Waals surface area (Å²) in [4.78, 5) is 18.5. The first-order valence-electron chi connectivity index (χ1n) is 7.78. The van der Waals surface area contributed by atoms with Gasteiger partial charge in [0.05, 0.1) is 35.7 Å². The van der Waals surface area contributed by atoms with Crippen molar-refractivity contribution in [2.75, 3.05) is 23.5 Å². The number of pyridine rings is 1. The van der Waals surface area contributed by atoms with Gasteiger partial charge in [0.2, 0.25) is 5.91 Å². The van der Waals surface area contributed by atoms with Crippen molar-refractivity contribution in [1.82, 2.24) is 14.8 Å². The number of carbonyl (C=O) groups is 1. The second-order valence-corrected chi connectivity index (χ2v) is 7.14. The molecule has 0 N–H and O–H groups in total. The molecule has 0 saturated carbocycles. The summed E-state index contributed by atoms with van der Waals surface area (Å²) >= 11 is 1.65. The summed E-state index contributed by atoms with van der Waals surface area (Å²) in [6, 6.07) is 1.36. The topological polar surface area (TPSA) is 51.0 Å². The van der Waals surface area contributed by atoms with Crippen molar-refractivity contribution in [3.8, 4) is 5.69 Å². The molecule has 2 aromatic heterocycles. The number of thioether (sulfide) groups is 1. The van der Waals surface area contributed by atoms with Crippen molar-refractivity contribution in [1.29, 1.82) is 0 Å². The van der Waals surface area contributed by atoms with Gasteiger partial charge in [0, 0.05) is 17.8 Å². The molecule has 5 nitrogen and oxygen atoms in total. The smallest absolute Gasteiger partial charge is 0.218 e. The molecule has 24 heavy (non-hydrogen) atoms. The number of anilines is 1. The van der Waals surface area contributed by atoms with E-state index in [9.17, 15) is 9.18 Å². The largest absolute Gasteiger partial charge is 0.310 e. The molecule has 1 amide bonds. The minimum absolute atomic E-state index is 0.0550. The van der Waals surface area contributed by atoms with Crippen molar-refractivity contribution in [3.05, 3.63) is 36.2 Å². The molecular formula is C15H21B2FN4OS. The van der Waals surface area contributed by atoms with Gasteiger partial charge in [-0.3, -0.25) is 9.78 Å². The molecule has 2 heterocycles. The van der Waals surface area contributed by atoms with Crippen LogP contribution in [-0.2, 0) is 4.79 Å². The highest BCUT2D eigenvalue weighted by Gasteiger charge is 2.32. The number of rotatable bonds is 6. The monoisotopic (exact) mass is 346 g/mol. The molecule has 0 atom stereocenters. The molecule has 9 heteroatoms. The number of hydrogen-bond donors (Lipinski definition) is 0. The van der Waals surface area contributed by atoms with E-state index in [0.717, 1.165) is 23.3 Å². The molecule has 0 aromatic carbocycles. The standard InChI is InChI=1S/C15H21B2FN4OS/c1-4-21(14(23)15(16,17)9-24-3)13-8-22(20-10(13)2)12-5-11(18)6-19-7-12/h5-8H,4,9,16-17H2,1-3H3. The molecule has 0 aliphatic rings. The van der Waals surface area contributed by atoms with E-state index in [1.807, 2.05) is 35.8 Å². The summed E-state index contributed by atoms with van der Waals surface area (Å²) in [5.41, 5.74) is 1.98. The second kappa shape index (κ2) is 7.42. The Morgan fingerprint density at radius 3 is 2.75 bits per heavy atom. The van der Waals surface area contributed by atoms with Gasteiger partial charge in [-0.05, 0) is 25.9 Å². The van der Waals surface area contributed by atoms with Crippen LogP contribution < -0.4 is 4.90 Å². The number of nitrogens with zero attached hydrogens (tertiary/aromatic N) is 4. The number of aromatic nitrogens is 3. The van der Waals surface area contributed by atoms with E-state index in [2.05, 4.69) is 10.1 Å². The number of amides is 1. The molecule has 0 radical (unpaired) electrons. The van der Waals surface area contributed by atoms with E-state index < -0.39 is 11.0 Å². The van der Waals surface area contributed by atoms with Gasteiger partial charge in [0.1, 0.15) is 21.5 Å². The molecule has 0 aliphatic heterocycles. The zero-order chi connectivity index (χ0) is 17.9. The molecule has 0 saturated heterocycles. The predicted octanol–water partition coefficient (Wildman–Crippen LogP) is 0.813. The second-order valence-electron chi connectivity index (χ2n) is 6.27. The SMILES string of the molecule is BC(B)(CSC)C(=O)N(CC)c1cn(-c2cncc(F)c2)nc1C. The van der Waals surface area contributed by atoms with Crippen LogP contribution in [0.4, 0.5) is 10.1 Å². The Hall–Kier alpha value is -1.76. The lowest BCUT2D eigenvalue weighted by Gasteiger charge is -2.30. The summed E-state index contributed by atoms with van der Waals surface area (Å²) in [6.07, 6.45) is 6.43. The zero-order valence-corrected chi connectivity index (χ0v) is 15.5. The maximum atomic E-state index is 13.4. The van der Waals surface area contributed by atoms with E-state index >= 15 is 0 Å². The third kappa shape index (κ3) is 3.83. The lowest BCUT2D eigenvalue weighted by molar-refractivity contribution is -0.119. The fourth-order valence-electron chi connectivity index (χ4n) is 2.59. The Balaban J connectivity index is 2.38. The van der Waals surface area contributed by atoms with Gasteiger partial charge >= 0.3 is 0 Å². The van der Waals surface area contributed by atoms with Crippen LogP contribution in [0.1, 0.15) is 12.6 Å². The Bertz CT molecular complexity index is 738. The average molecular weight is 346 g/mol. The lowest BCUT2D eigenvalue weighted by atomic mass is 9.55. The van der Waals surface area contributed by atoms with Crippen LogP contribution in [0.5, 0.6) is 0 Å². The Kier molecular flexibility index (Phi) is 5.74. The van der Waals surface area contributed by atoms with Crippen LogP contribution in [0.3, 0.4) is 0 Å². The zero-order valence-electron chi connectivity index (χ0n) is 14.7. The summed E-state index contributed by atoms with van der Waals surface area (Å²) in [5.74, 6) is 0.370. The summed E-state index contributed by atoms with van der Waals surface area (Å²) in [6.45, 7) is 4.33. The first-order valence-corrected chi connectivity index (χ1v) is 9.17. The highest BCUT2D eigenvalue weighted by Crippen LogP contribution is 2.29. The van der Waals surface area contributed by atoms with Gasteiger partial charge in [-0.15, -0.1) is 0 Å². The molecule has 2 aromatic rings. The van der Waals surface area contributed by atoms with Crippen molar-refractivity contribution < 1.29 is 9.18 Å². The van der Waals surface area contributed by atoms with E-state index in [0.29, 0.717) is 12.2 Å². The fourth-order valence-corrected chi connectivity index (χ4v) is 3.43. The van der Waals surface area contributed by atoms with Gasteiger partial charge in [-0.25, -0.2) is 9.07 Å². The molecule has 0 fully saturated rings. The molecule has 126 valence electrons. The highest BCUT2D eigenvalue weighted by molar-refractivity contribution is 7.98. The van der Waals surface area contributed by atoms with Gasteiger partial charge < -0.3 is 4.90 Å². The van der Waals surface area contributed by atoms with Crippen molar-refractivity contribution in [2.24, 2.45) is 0 Å². The molecule has 0 aliphatic carbocycles. The average Bonchev–Trinajstić information content (AvgIpc) is 2.90. The Morgan fingerprint density at radius 1 is 1.46 bits per heavy atom. The molecule has 0 spiro atoms. The molecule has 0 unspecified atom stereocenters. The van der Waals surface area contributed by atoms with Gasteiger partial charge in [0.15, 0.2) is 0 Å². The van der Waals surface area contributed by atoms with Crippen LogP contribution in [0, 0.1) is 12.7 Å². The quantitative estimate of drug-likeness (QED) is 0.727. The molecule has 0 bridgehead atoms. The Labute approximate surface area is 147 Å². The lowest BCUT2D eigenvalue weighted by Crippen LogP contribution is -2.42. The van der Waals surface area contributed by atoms with Crippen LogP contribution in [0.15, 0.2) is 24.7 Å². The van der Waals surface area contributed by atoms with Crippen LogP contribution in [0.2, 0.25) is 5.21 Å². The number of aryl methyl sites for hydroxylation is 1. The van der Waals surface area contributed by atoms with Crippen LogP contribution in [-0.4, -0.2) is 54.9 Å². The van der Waals surface area contributed by atoms with Crippen molar-refractivity contribution in [2.45, 2.75) is 19.1 Å². The van der Waals surface area contributed by atoms with Crippen molar-refractivity contribution in [3.63, 3.8) is 0 Å². The van der Waals surface area contributed by atoms with E-state index in [1.165, 1.54) is 12.3 Å². The molecule has 2 rings (SSSR count). The van der Waals surface area contributed by atoms with Gasteiger partial charge in [-0.1, -0.05) is 0 Å². The minimum atomic E-state index is -0.468. The third-order valence-corrected chi connectivity index (χ3v) is 4.77. The predicted molar refractivity (Wildman–Crippen MR) is 102 cm³/mol. The highest BCUT2D eigenvalue weighted by atomic mass is 32.2. The minimum Gasteiger partial charge on any atom is -0.310 e. The van der Waals surface area contributed by atoms with Gasteiger partial charge in [-0.2, -0.15) is 16.9 Å². The number of carbonyl (C=O) groups excluding carboxylic acids is 1. The summed E-state index contributed by atoms with van der Waals surface area (Å²) in [5, 5.41) is 3.94. The normalized spacial score (nSPS) is 11.5. The number of halogens is 1. The molecular weight excluding hydrogens is 325 g/mol. The van der Waals surface area contributed by atoms with E-state index in [4.69, 9.17) is 0 Å². The maximum Gasteiger partial charge on any atom is 0.218 e. The van der Waals surface area contributed by atoms with E-state index in [1.54, 1.807) is 27.5 Å². The first kappa shape index (κ1) is 18.6. The van der Waals surface area contributed by atoms with E-state index in [-0.39, 0.29) is 5.91 Å². The summed E-state index contributed by atoms with van der Waals surface area (Å²) in [7, 11) is 3.90. The van der Waals surface area contributed by atoms with Crippen molar-refractivity contribution >= 4 is 39.0 Å². The fraction of sp³-hybridized carbons (Fsp3) is 0.400.